The van der Waals surface area contributed by atoms with Crippen LogP contribution in [0.15, 0.2) is 46.1 Å². The quantitative estimate of drug-likeness (QED) is 0.803. The molecule has 114 valence electrons. The van der Waals surface area contributed by atoms with E-state index in [0.717, 1.165) is 46.9 Å². The van der Waals surface area contributed by atoms with Crippen LogP contribution < -0.4 is 5.32 Å². The van der Waals surface area contributed by atoms with E-state index in [1.807, 2.05) is 30.0 Å². The summed E-state index contributed by atoms with van der Waals surface area (Å²) in [5, 5.41) is 4.33. The van der Waals surface area contributed by atoms with Gasteiger partial charge < -0.3 is 5.32 Å². The normalized spacial score (nSPS) is 24.8. The van der Waals surface area contributed by atoms with E-state index in [4.69, 9.17) is 11.6 Å². The van der Waals surface area contributed by atoms with Crippen molar-refractivity contribution in [2.45, 2.75) is 38.0 Å². The highest BCUT2D eigenvalue weighted by Crippen LogP contribution is 2.49. The molecule has 2 heterocycles. The van der Waals surface area contributed by atoms with Gasteiger partial charge in [-0.3, -0.25) is 4.79 Å². The van der Waals surface area contributed by atoms with E-state index in [0.29, 0.717) is 12.2 Å². The molecule has 1 N–H and O–H groups in total. The number of dihydropyridines is 1. The topological polar surface area (TPSA) is 29.1 Å². The lowest BCUT2D eigenvalue weighted by atomic mass is 9.79. The van der Waals surface area contributed by atoms with E-state index in [1.165, 1.54) is 17.0 Å². The molecule has 0 amide bonds. The second kappa shape index (κ2) is 5.78. The number of carbonyl (C=O) groups excluding carboxylic acids is 1. The summed E-state index contributed by atoms with van der Waals surface area (Å²) in [7, 11) is 0. The van der Waals surface area contributed by atoms with Crippen molar-refractivity contribution in [3.8, 4) is 0 Å². The average Bonchev–Trinajstić information content (AvgIpc) is 2.53. The molecule has 2 nitrogen and oxygen atoms in total. The van der Waals surface area contributed by atoms with Gasteiger partial charge in [-0.15, -0.1) is 11.8 Å². The fourth-order valence-electron chi connectivity index (χ4n) is 3.67. The van der Waals surface area contributed by atoms with Crippen LogP contribution in [-0.4, -0.2) is 11.5 Å². The van der Waals surface area contributed by atoms with Gasteiger partial charge in [0.05, 0.1) is 0 Å². The molecule has 4 heteroatoms. The zero-order chi connectivity index (χ0) is 15.1. The SMILES string of the molecule is O=C1CCCC2=C1C(c1cccc(Cl)c1)C1=C(CCCS1)N2. The molecule has 0 spiro atoms. The van der Waals surface area contributed by atoms with Gasteiger partial charge >= 0.3 is 0 Å². The van der Waals surface area contributed by atoms with Gasteiger partial charge in [0.15, 0.2) is 5.78 Å². The number of rotatable bonds is 1. The maximum absolute atomic E-state index is 12.6. The summed E-state index contributed by atoms with van der Waals surface area (Å²) in [6.45, 7) is 0. The van der Waals surface area contributed by atoms with Gasteiger partial charge in [0, 0.05) is 39.2 Å². The summed E-state index contributed by atoms with van der Waals surface area (Å²) in [5.74, 6) is 1.52. The van der Waals surface area contributed by atoms with Crippen molar-refractivity contribution in [3.05, 3.63) is 56.7 Å². The second-order valence-corrected chi connectivity index (χ2v) is 7.65. The number of hydrogen-bond acceptors (Lipinski definition) is 3. The van der Waals surface area contributed by atoms with Crippen LogP contribution in [0, 0.1) is 0 Å². The Hall–Kier alpha value is -1.19. The van der Waals surface area contributed by atoms with Gasteiger partial charge in [0.1, 0.15) is 0 Å². The Kier molecular flexibility index (Phi) is 3.79. The number of thioether (sulfide) groups is 1. The fraction of sp³-hybridized carbons (Fsp3) is 0.389. The van der Waals surface area contributed by atoms with Crippen LogP contribution in [-0.2, 0) is 4.79 Å². The lowest BCUT2D eigenvalue weighted by molar-refractivity contribution is -0.116. The fourth-order valence-corrected chi connectivity index (χ4v) is 5.12. The number of benzene rings is 1. The third-order valence-electron chi connectivity index (χ3n) is 4.62. The van der Waals surface area contributed by atoms with Crippen molar-refractivity contribution in [2.24, 2.45) is 0 Å². The van der Waals surface area contributed by atoms with Crippen molar-refractivity contribution < 1.29 is 4.79 Å². The Balaban J connectivity index is 1.88. The van der Waals surface area contributed by atoms with Crippen molar-refractivity contribution in [1.82, 2.24) is 5.32 Å². The molecule has 22 heavy (non-hydrogen) atoms. The highest BCUT2D eigenvalue weighted by atomic mass is 35.5. The van der Waals surface area contributed by atoms with Crippen LogP contribution >= 0.6 is 23.4 Å². The summed E-state index contributed by atoms with van der Waals surface area (Å²) >= 11 is 8.11. The van der Waals surface area contributed by atoms with E-state index in [9.17, 15) is 4.79 Å². The van der Waals surface area contributed by atoms with Gasteiger partial charge in [-0.25, -0.2) is 0 Å². The lowest BCUT2D eigenvalue weighted by Gasteiger charge is -2.37. The number of nitrogens with one attached hydrogen (secondary N) is 1. The minimum Gasteiger partial charge on any atom is -0.361 e. The zero-order valence-corrected chi connectivity index (χ0v) is 13.9. The first-order valence-electron chi connectivity index (χ1n) is 7.88. The number of Topliss-reactive ketones (excluding diaryl/α,β-unsaturated/α-hetero) is 1. The van der Waals surface area contributed by atoms with Crippen LogP contribution in [0.25, 0.3) is 0 Å². The van der Waals surface area contributed by atoms with Crippen molar-refractivity contribution >= 4 is 29.1 Å². The average molecular weight is 332 g/mol. The molecular formula is C18H18ClNOS. The number of carbonyl (C=O) groups is 1. The first-order valence-corrected chi connectivity index (χ1v) is 9.25. The number of halogens is 1. The van der Waals surface area contributed by atoms with E-state index in [1.54, 1.807) is 0 Å². The van der Waals surface area contributed by atoms with Gasteiger partial charge in [-0.2, -0.15) is 0 Å². The summed E-state index contributed by atoms with van der Waals surface area (Å²) < 4.78 is 0. The molecule has 0 saturated heterocycles. The smallest absolute Gasteiger partial charge is 0.161 e. The highest BCUT2D eigenvalue weighted by molar-refractivity contribution is 8.03. The molecule has 1 aromatic rings. The molecule has 0 fully saturated rings. The van der Waals surface area contributed by atoms with Crippen molar-refractivity contribution in [3.63, 3.8) is 0 Å². The van der Waals surface area contributed by atoms with Crippen LogP contribution in [0.3, 0.4) is 0 Å². The molecule has 0 aromatic heterocycles. The van der Waals surface area contributed by atoms with E-state index in [-0.39, 0.29) is 5.92 Å². The molecule has 3 aliphatic rings. The van der Waals surface area contributed by atoms with Gasteiger partial charge in [-0.05, 0) is 49.1 Å². The van der Waals surface area contributed by atoms with Gasteiger partial charge in [0.2, 0.25) is 0 Å². The molecule has 0 saturated carbocycles. The molecular weight excluding hydrogens is 314 g/mol. The lowest BCUT2D eigenvalue weighted by Crippen LogP contribution is -2.32. The number of ketones is 1. The monoisotopic (exact) mass is 331 g/mol. The molecule has 2 aliphatic heterocycles. The van der Waals surface area contributed by atoms with Crippen molar-refractivity contribution in [2.75, 3.05) is 5.75 Å². The first-order chi connectivity index (χ1) is 10.7. The number of hydrogen-bond donors (Lipinski definition) is 1. The van der Waals surface area contributed by atoms with Crippen LogP contribution in [0.5, 0.6) is 0 Å². The van der Waals surface area contributed by atoms with Gasteiger partial charge in [0.25, 0.3) is 0 Å². The molecule has 1 unspecified atom stereocenters. The highest BCUT2D eigenvalue weighted by Gasteiger charge is 2.37. The van der Waals surface area contributed by atoms with E-state index in [2.05, 4.69) is 11.4 Å². The van der Waals surface area contributed by atoms with E-state index >= 15 is 0 Å². The largest absolute Gasteiger partial charge is 0.361 e. The summed E-state index contributed by atoms with van der Waals surface area (Å²) in [4.78, 5) is 13.9. The Morgan fingerprint density at radius 1 is 1.14 bits per heavy atom. The Morgan fingerprint density at radius 2 is 2.00 bits per heavy atom. The predicted molar refractivity (Wildman–Crippen MR) is 91.9 cm³/mol. The first kappa shape index (κ1) is 14.4. The maximum atomic E-state index is 12.6. The van der Waals surface area contributed by atoms with Crippen LogP contribution in [0.4, 0.5) is 0 Å². The minimum absolute atomic E-state index is 0.0862. The second-order valence-electron chi connectivity index (χ2n) is 6.08. The Morgan fingerprint density at radius 3 is 2.86 bits per heavy atom. The maximum Gasteiger partial charge on any atom is 0.161 e. The summed E-state index contributed by atoms with van der Waals surface area (Å²) in [6, 6.07) is 8.01. The van der Waals surface area contributed by atoms with Gasteiger partial charge in [-0.1, -0.05) is 23.7 Å². The zero-order valence-electron chi connectivity index (χ0n) is 12.3. The molecule has 1 aliphatic carbocycles. The summed E-state index contributed by atoms with van der Waals surface area (Å²) in [6.07, 6.45) is 4.91. The van der Waals surface area contributed by atoms with Crippen LogP contribution in [0.2, 0.25) is 5.02 Å². The number of allylic oxidation sites excluding steroid dienone is 4. The van der Waals surface area contributed by atoms with Crippen molar-refractivity contribution in [1.29, 1.82) is 0 Å². The predicted octanol–water partition coefficient (Wildman–Crippen LogP) is 4.77. The molecule has 1 atom stereocenters. The summed E-state index contributed by atoms with van der Waals surface area (Å²) in [5.41, 5.74) is 4.62. The Bertz CT molecular complexity index is 707. The van der Waals surface area contributed by atoms with E-state index < -0.39 is 0 Å². The molecule has 4 rings (SSSR count). The third kappa shape index (κ3) is 2.40. The molecule has 1 aromatic carbocycles. The standard InChI is InChI=1S/C18H18ClNOS/c19-12-5-1-4-11(10-12)16-17-13(6-2-8-15(17)21)20-14-7-3-9-22-18(14)16/h1,4-5,10,16,20H,2-3,6-9H2. The molecule has 0 bridgehead atoms. The van der Waals surface area contributed by atoms with Crippen LogP contribution in [0.1, 0.15) is 43.6 Å². The third-order valence-corrected chi connectivity index (χ3v) is 6.14. The Labute approximate surface area is 140 Å². The minimum atomic E-state index is 0.0862. The molecule has 0 radical (unpaired) electrons.